The minimum Gasteiger partial charge on any atom is -0.366 e. The number of nitrogens with zero attached hydrogens (tertiary/aromatic N) is 2. The largest absolute Gasteiger partial charge is 0.366 e. The average molecular weight is 173 g/mol. The summed E-state index contributed by atoms with van der Waals surface area (Å²) >= 11 is 0. The molecule has 0 bridgehead atoms. The summed E-state index contributed by atoms with van der Waals surface area (Å²) in [5.74, 6) is -0.468. The van der Waals surface area contributed by atoms with Gasteiger partial charge in [-0.3, -0.25) is 4.79 Å². The summed E-state index contributed by atoms with van der Waals surface area (Å²) in [5.41, 5.74) is 6.21. The van der Waals surface area contributed by atoms with Crippen LogP contribution in [0.2, 0.25) is 0 Å². The predicted molar refractivity (Wildman–Crippen MR) is 48.1 cm³/mol. The molecule has 1 aromatic heterocycles. The van der Waals surface area contributed by atoms with Crippen LogP contribution >= 0.6 is 0 Å². The van der Waals surface area contributed by atoms with E-state index in [2.05, 4.69) is 9.97 Å². The van der Waals surface area contributed by atoms with Gasteiger partial charge in [-0.15, -0.1) is 0 Å². The van der Waals surface area contributed by atoms with E-state index < -0.39 is 5.91 Å². The van der Waals surface area contributed by atoms with Crippen molar-refractivity contribution < 1.29 is 4.79 Å². The van der Waals surface area contributed by atoms with E-state index in [4.69, 9.17) is 5.73 Å². The molecular formula is C9H7N3O. The zero-order valence-corrected chi connectivity index (χ0v) is 6.77. The molecule has 2 N–H and O–H groups in total. The molecule has 4 nitrogen and oxygen atoms in total. The van der Waals surface area contributed by atoms with Crippen molar-refractivity contribution in [1.29, 1.82) is 0 Å². The molecule has 2 aromatic rings. The normalized spacial score (nSPS) is 10.2. The highest BCUT2D eigenvalue weighted by molar-refractivity contribution is 6.04. The summed E-state index contributed by atoms with van der Waals surface area (Å²) in [6, 6.07) is 5.24. The fourth-order valence-corrected chi connectivity index (χ4v) is 1.21. The van der Waals surface area contributed by atoms with Crippen molar-refractivity contribution in [2.24, 2.45) is 5.73 Å². The first-order chi connectivity index (χ1) is 6.29. The molecule has 4 heteroatoms. The first-order valence-corrected chi connectivity index (χ1v) is 3.77. The first kappa shape index (κ1) is 7.67. The van der Waals surface area contributed by atoms with Gasteiger partial charge in [0.1, 0.15) is 6.33 Å². The molecule has 0 unspecified atom stereocenters. The summed E-state index contributed by atoms with van der Waals surface area (Å²) in [6.07, 6.45) is 3.05. The minimum atomic E-state index is -0.468. The second kappa shape index (κ2) is 2.82. The Labute approximate surface area is 74.4 Å². The van der Waals surface area contributed by atoms with Crippen molar-refractivity contribution in [3.8, 4) is 0 Å². The summed E-state index contributed by atoms with van der Waals surface area (Å²) in [6.45, 7) is 0. The Bertz CT molecular complexity index is 462. The molecule has 0 radical (unpaired) electrons. The summed E-state index contributed by atoms with van der Waals surface area (Å²) in [7, 11) is 0. The Balaban J connectivity index is 2.83. The Morgan fingerprint density at radius 2 is 2.23 bits per heavy atom. The van der Waals surface area contributed by atoms with Crippen LogP contribution in [-0.2, 0) is 0 Å². The SMILES string of the molecule is NC(=O)c1cccc2cncnc12. The number of nitrogens with two attached hydrogens (primary N) is 1. The molecule has 0 atom stereocenters. The van der Waals surface area contributed by atoms with Crippen LogP contribution in [0.1, 0.15) is 10.4 Å². The number of fused-ring (bicyclic) bond motifs is 1. The highest BCUT2D eigenvalue weighted by Crippen LogP contribution is 2.13. The van der Waals surface area contributed by atoms with Gasteiger partial charge in [0.05, 0.1) is 11.1 Å². The second-order valence-electron chi connectivity index (χ2n) is 2.63. The zero-order valence-electron chi connectivity index (χ0n) is 6.77. The van der Waals surface area contributed by atoms with Crippen LogP contribution < -0.4 is 5.73 Å². The third-order valence-corrected chi connectivity index (χ3v) is 1.80. The third-order valence-electron chi connectivity index (χ3n) is 1.80. The molecule has 0 saturated carbocycles. The van der Waals surface area contributed by atoms with Crippen LogP contribution in [0.3, 0.4) is 0 Å². The maximum absolute atomic E-state index is 11.0. The minimum absolute atomic E-state index is 0.430. The number of carbonyl (C=O) groups excluding carboxylic acids is 1. The molecule has 0 spiro atoms. The number of amides is 1. The first-order valence-electron chi connectivity index (χ1n) is 3.77. The number of aromatic nitrogens is 2. The molecule has 64 valence electrons. The molecule has 0 saturated heterocycles. The number of rotatable bonds is 1. The van der Waals surface area contributed by atoms with Crippen molar-refractivity contribution >= 4 is 16.8 Å². The molecule has 1 heterocycles. The van der Waals surface area contributed by atoms with Gasteiger partial charge in [-0.05, 0) is 6.07 Å². The Morgan fingerprint density at radius 1 is 1.38 bits per heavy atom. The lowest BCUT2D eigenvalue weighted by molar-refractivity contribution is 0.100. The highest BCUT2D eigenvalue weighted by atomic mass is 16.1. The highest BCUT2D eigenvalue weighted by Gasteiger charge is 2.05. The van der Waals surface area contributed by atoms with Crippen LogP contribution in [0.25, 0.3) is 10.9 Å². The molecule has 0 fully saturated rings. The fourth-order valence-electron chi connectivity index (χ4n) is 1.21. The zero-order chi connectivity index (χ0) is 9.26. The van der Waals surface area contributed by atoms with E-state index in [1.54, 1.807) is 18.3 Å². The van der Waals surface area contributed by atoms with Crippen molar-refractivity contribution in [1.82, 2.24) is 9.97 Å². The van der Waals surface area contributed by atoms with Gasteiger partial charge in [-0.1, -0.05) is 12.1 Å². The van der Waals surface area contributed by atoms with Gasteiger partial charge in [0.15, 0.2) is 0 Å². The van der Waals surface area contributed by atoms with Gasteiger partial charge in [0.2, 0.25) is 0 Å². The number of benzene rings is 1. The topological polar surface area (TPSA) is 68.9 Å². The van der Waals surface area contributed by atoms with Crippen LogP contribution in [0, 0.1) is 0 Å². The van der Waals surface area contributed by atoms with Crippen LogP contribution in [0.15, 0.2) is 30.7 Å². The molecule has 1 aromatic carbocycles. The van der Waals surface area contributed by atoms with Crippen LogP contribution in [0.4, 0.5) is 0 Å². The van der Waals surface area contributed by atoms with Crippen LogP contribution in [0.5, 0.6) is 0 Å². The van der Waals surface area contributed by atoms with Crippen molar-refractivity contribution in [2.45, 2.75) is 0 Å². The van der Waals surface area contributed by atoms with Gasteiger partial charge in [0.25, 0.3) is 5.91 Å². The number of para-hydroxylation sites is 1. The monoisotopic (exact) mass is 173 g/mol. The molecule has 0 aliphatic rings. The van der Waals surface area contributed by atoms with E-state index in [0.29, 0.717) is 11.1 Å². The molecule has 0 aliphatic carbocycles. The third kappa shape index (κ3) is 1.22. The second-order valence-corrected chi connectivity index (χ2v) is 2.63. The number of carbonyl (C=O) groups is 1. The maximum atomic E-state index is 11.0. The lowest BCUT2D eigenvalue weighted by atomic mass is 10.1. The van der Waals surface area contributed by atoms with Crippen LogP contribution in [-0.4, -0.2) is 15.9 Å². The van der Waals surface area contributed by atoms with Gasteiger partial charge in [-0.25, -0.2) is 9.97 Å². The number of primary amides is 1. The smallest absolute Gasteiger partial charge is 0.250 e. The maximum Gasteiger partial charge on any atom is 0.250 e. The Hall–Kier alpha value is -1.97. The average Bonchev–Trinajstić information content (AvgIpc) is 2.17. The van der Waals surface area contributed by atoms with E-state index in [0.717, 1.165) is 5.39 Å². The van der Waals surface area contributed by atoms with Gasteiger partial charge in [-0.2, -0.15) is 0 Å². The number of hydrogen-bond donors (Lipinski definition) is 1. The lowest BCUT2D eigenvalue weighted by Crippen LogP contribution is -2.11. The summed E-state index contributed by atoms with van der Waals surface area (Å²) < 4.78 is 0. The van der Waals surface area contributed by atoms with Crippen molar-refractivity contribution in [2.75, 3.05) is 0 Å². The van der Waals surface area contributed by atoms with E-state index in [1.165, 1.54) is 6.33 Å². The Morgan fingerprint density at radius 3 is 3.00 bits per heavy atom. The quantitative estimate of drug-likeness (QED) is 0.691. The van der Waals surface area contributed by atoms with Gasteiger partial charge >= 0.3 is 0 Å². The molecule has 2 rings (SSSR count). The van der Waals surface area contributed by atoms with Crippen molar-refractivity contribution in [3.63, 3.8) is 0 Å². The van der Waals surface area contributed by atoms with Crippen molar-refractivity contribution in [3.05, 3.63) is 36.3 Å². The van der Waals surface area contributed by atoms with E-state index in [9.17, 15) is 4.79 Å². The number of hydrogen-bond acceptors (Lipinski definition) is 3. The lowest BCUT2D eigenvalue weighted by Gasteiger charge is -1.99. The van der Waals surface area contributed by atoms with E-state index >= 15 is 0 Å². The molecular weight excluding hydrogens is 166 g/mol. The van der Waals surface area contributed by atoms with Gasteiger partial charge in [0, 0.05) is 11.6 Å². The molecule has 1 amide bonds. The standard InChI is InChI=1S/C9H7N3O/c10-9(13)7-3-1-2-6-4-11-5-12-8(6)7/h1-5H,(H2,10,13). The summed E-state index contributed by atoms with van der Waals surface area (Å²) in [5, 5.41) is 0.818. The van der Waals surface area contributed by atoms with E-state index in [1.807, 2.05) is 6.07 Å². The predicted octanol–water partition coefficient (Wildman–Crippen LogP) is 0.729. The van der Waals surface area contributed by atoms with Gasteiger partial charge < -0.3 is 5.73 Å². The Kier molecular flexibility index (Phi) is 1.66. The molecule has 0 aliphatic heterocycles. The fraction of sp³-hybridized carbons (Fsp3) is 0. The summed E-state index contributed by atoms with van der Waals surface area (Å²) in [4.78, 5) is 18.8. The molecule has 13 heavy (non-hydrogen) atoms. The van der Waals surface area contributed by atoms with E-state index in [-0.39, 0.29) is 0 Å².